The molecule has 6 heteroatoms. The average Bonchev–Trinajstić information content (AvgIpc) is 2.93. The molecule has 22 heavy (non-hydrogen) atoms. The summed E-state index contributed by atoms with van der Waals surface area (Å²) in [6.45, 7) is 0. The van der Waals surface area contributed by atoms with Crippen LogP contribution in [0.25, 0.3) is 5.65 Å². The topological polar surface area (TPSA) is 59.3 Å². The number of pyridine rings is 1. The average molecular weight is 315 g/mol. The van der Waals surface area contributed by atoms with Crippen molar-refractivity contribution in [3.05, 3.63) is 59.5 Å². The van der Waals surface area contributed by atoms with E-state index in [2.05, 4.69) is 15.5 Å². The van der Waals surface area contributed by atoms with E-state index in [9.17, 15) is 4.79 Å². The number of nitrogens with zero attached hydrogens (tertiary/aromatic N) is 3. The molecule has 0 unspecified atom stereocenters. The number of hydrogen-bond acceptors (Lipinski definition) is 3. The molecule has 0 bridgehead atoms. The van der Waals surface area contributed by atoms with Crippen LogP contribution in [0, 0.1) is 0 Å². The van der Waals surface area contributed by atoms with Gasteiger partial charge in [-0.1, -0.05) is 29.8 Å². The molecular weight excluding hydrogens is 300 g/mol. The van der Waals surface area contributed by atoms with Crippen molar-refractivity contribution >= 4 is 28.8 Å². The van der Waals surface area contributed by atoms with Gasteiger partial charge in [0.05, 0.1) is 10.7 Å². The van der Waals surface area contributed by atoms with Crippen LogP contribution in [0.4, 0.5) is 5.69 Å². The minimum atomic E-state index is -0.0538. The quantitative estimate of drug-likeness (QED) is 0.785. The monoisotopic (exact) mass is 314 g/mol. The SMILES string of the molecule is O=C(CCCc1nnc2ccccn12)Nc1ccccc1Cl. The second kappa shape index (κ2) is 6.58. The smallest absolute Gasteiger partial charge is 0.224 e. The van der Waals surface area contributed by atoms with E-state index in [0.717, 1.165) is 11.5 Å². The predicted molar refractivity (Wildman–Crippen MR) is 86.0 cm³/mol. The highest BCUT2D eigenvalue weighted by Gasteiger charge is 2.08. The first-order chi connectivity index (χ1) is 10.7. The molecule has 0 fully saturated rings. The van der Waals surface area contributed by atoms with Gasteiger partial charge in [-0.25, -0.2) is 0 Å². The zero-order valence-corrected chi connectivity index (χ0v) is 12.6. The van der Waals surface area contributed by atoms with Crippen molar-refractivity contribution in [2.75, 3.05) is 5.32 Å². The summed E-state index contributed by atoms with van der Waals surface area (Å²) in [6.07, 6.45) is 3.73. The number of carbonyl (C=O) groups is 1. The summed E-state index contributed by atoms with van der Waals surface area (Å²) in [5.74, 6) is 0.808. The minimum absolute atomic E-state index is 0.0538. The van der Waals surface area contributed by atoms with Crippen LogP contribution < -0.4 is 5.32 Å². The number of rotatable bonds is 5. The van der Waals surface area contributed by atoms with Gasteiger partial charge in [0, 0.05) is 19.0 Å². The molecule has 0 spiro atoms. The van der Waals surface area contributed by atoms with E-state index in [1.54, 1.807) is 12.1 Å². The third-order valence-corrected chi connectivity index (χ3v) is 3.67. The highest BCUT2D eigenvalue weighted by Crippen LogP contribution is 2.20. The zero-order chi connectivity index (χ0) is 15.4. The number of para-hydroxylation sites is 1. The maximum atomic E-state index is 11.9. The summed E-state index contributed by atoms with van der Waals surface area (Å²) in [5.41, 5.74) is 1.46. The lowest BCUT2D eigenvalue weighted by atomic mass is 10.2. The molecule has 0 aliphatic carbocycles. The van der Waals surface area contributed by atoms with Crippen LogP contribution >= 0.6 is 11.6 Å². The number of halogens is 1. The van der Waals surface area contributed by atoms with E-state index in [4.69, 9.17) is 11.6 Å². The summed E-state index contributed by atoms with van der Waals surface area (Å²) in [6, 6.07) is 13.0. The van der Waals surface area contributed by atoms with Crippen molar-refractivity contribution < 1.29 is 4.79 Å². The summed E-state index contributed by atoms with van der Waals surface area (Å²) in [7, 11) is 0. The number of hydrogen-bond donors (Lipinski definition) is 1. The van der Waals surface area contributed by atoms with Crippen LogP contribution in [-0.2, 0) is 11.2 Å². The van der Waals surface area contributed by atoms with Crippen molar-refractivity contribution in [2.45, 2.75) is 19.3 Å². The number of aryl methyl sites for hydroxylation is 1. The Labute approximate surface area is 132 Å². The van der Waals surface area contributed by atoms with Crippen molar-refractivity contribution in [1.29, 1.82) is 0 Å². The van der Waals surface area contributed by atoms with Crippen LogP contribution in [0.1, 0.15) is 18.7 Å². The number of fused-ring (bicyclic) bond motifs is 1. The summed E-state index contributed by atoms with van der Waals surface area (Å²) < 4.78 is 1.94. The van der Waals surface area contributed by atoms with Crippen molar-refractivity contribution in [3.63, 3.8) is 0 Å². The first kappa shape index (κ1) is 14.5. The molecule has 0 radical (unpaired) electrons. The van der Waals surface area contributed by atoms with Gasteiger partial charge in [0.2, 0.25) is 5.91 Å². The highest BCUT2D eigenvalue weighted by molar-refractivity contribution is 6.33. The van der Waals surface area contributed by atoms with Gasteiger partial charge in [-0.2, -0.15) is 0 Å². The van der Waals surface area contributed by atoms with Gasteiger partial charge in [-0.15, -0.1) is 10.2 Å². The van der Waals surface area contributed by atoms with Crippen molar-refractivity contribution in [1.82, 2.24) is 14.6 Å². The van der Waals surface area contributed by atoms with E-state index in [1.807, 2.05) is 40.9 Å². The van der Waals surface area contributed by atoms with E-state index >= 15 is 0 Å². The Kier molecular flexibility index (Phi) is 4.34. The normalized spacial score (nSPS) is 10.8. The molecule has 3 aromatic rings. The first-order valence-electron chi connectivity index (χ1n) is 7.07. The number of amides is 1. The van der Waals surface area contributed by atoms with Crippen LogP contribution in [0.15, 0.2) is 48.7 Å². The van der Waals surface area contributed by atoms with E-state index in [1.165, 1.54) is 0 Å². The molecule has 0 aliphatic rings. The second-order valence-corrected chi connectivity index (χ2v) is 5.33. The largest absolute Gasteiger partial charge is 0.325 e. The lowest BCUT2D eigenvalue weighted by molar-refractivity contribution is -0.116. The third kappa shape index (κ3) is 3.26. The third-order valence-electron chi connectivity index (χ3n) is 3.34. The van der Waals surface area contributed by atoms with E-state index in [-0.39, 0.29) is 5.91 Å². The summed E-state index contributed by atoms with van der Waals surface area (Å²) in [5, 5.41) is 11.6. The number of aromatic nitrogens is 3. The van der Waals surface area contributed by atoms with Crippen molar-refractivity contribution in [3.8, 4) is 0 Å². The summed E-state index contributed by atoms with van der Waals surface area (Å²) >= 11 is 6.01. The molecule has 0 saturated carbocycles. The minimum Gasteiger partial charge on any atom is -0.325 e. The second-order valence-electron chi connectivity index (χ2n) is 4.93. The van der Waals surface area contributed by atoms with Gasteiger partial charge >= 0.3 is 0 Å². The number of anilines is 1. The Morgan fingerprint density at radius 3 is 2.82 bits per heavy atom. The lowest BCUT2D eigenvalue weighted by Crippen LogP contribution is -2.12. The first-order valence-corrected chi connectivity index (χ1v) is 7.45. The van der Waals surface area contributed by atoms with Gasteiger partial charge in [0.15, 0.2) is 5.65 Å². The molecule has 3 rings (SSSR count). The fourth-order valence-corrected chi connectivity index (χ4v) is 2.43. The van der Waals surface area contributed by atoms with Crippen LogP contribution in [0.3, 0.4) is 0 Å². The molecule has 0 atom stereocenters. The Bertz CT molecular complexity index is 799. The predicted octanol–water partition coefficient (Wildman–Crippen LogP) is 3.34. The molecule has 2 aromatic heterocycles. The van der Waals surface area contributed by atoms with Gasteiger partial charge in [-0.3, -0.25) is 9.20 Å². The van der Waals surface area contributed by atoms with E-state index < -0.39 is 0 Å². The standard InChI is InChI=1S/C16H15ClN4O/c17-12-6-1-2-7-13(12)18-16(22)10-5-9-15-20-19-14-8-3-4-11-21(14)15/h1-4,6-8,11H,5,9-10H2,(H,18,22). The fourth-order valence-electron chi connectivity index (χ4n) is 2.24. The molecule has 1 aromatic carbocycles. The van der Waals surface area contributed by atoms with Crippen LogP contribution in [-0.4, -0.2) is 20.5 Å². The Hall–Kier alpha value is -2.40. The fraction of sp³-hybridized carbons (Fsp3) is 0.188. The molecular formula is C16H15ClN4O. The molecule has 1 N–H and O–H groups in total. The van der Waals surface area contributed by atoms with Gasteiger partial charge in [0.1, 0.15) is 5.82 Å². The molecule has 2 heterocycles. The maximum absolute atomic E-state index is 11.9. The lowest BCUT2D eigenvalue weighted by Gasteiger charge is -2.06. The van der Waals surface area contributed by atoms with Crippen LogP contribution in [0.2, 0.25) is 5.02 Å². The zero-order valence-electron chi connectivity index (χ0n) is 11.9. The molecule has 0 aliphatic heterocycles. The Balaban J connectivity index is 1.55. The molecule has 112 valence electrons. The highest BCUT2D eigenvalue weighted by atomic mass is 35.5. The maximum Gasteiger partial charge on any atom is 0.224 e. The van der Waals surface area contributed by atoms with Gasteiger partial charge in [-0.05, 0) is 30.7 Å². The van der Waals surface area contributed by atoms with Crippen LogP contribution in [0.5, 0.6) is 0 Å². The number of nitrogens with one attached hydrogen (secondary N) is 1. The number of carbonyl (C=O) groups excluding carboxylic acids is 1. The molecule has 5 nitrogen and oxygen atoms in total. The summed E-state index contributed by atoms with van der Waals surface area (Å²) in [4.78, 5) is 11.9. The Morgan fingerprint density at radius 1 is 1.14 bits per heavy atom. The molecule has 1 amide bonds. The number of benzene rings is 1. The Morgan fingerprint density at radius 2 is 1.95 bits per heavy atom. The molecule has 0 saturated heterocycles. The van der Waals surface area contributed by atoms with Gasteiger partial charge < -0.3 is 5.32 Å². The van der Waals surface area contributed by atoms with Gasteiger partial charge in [0.25, 0.3) is 0 Å². The van der Waals surface area contributed by atoms with Crippen molar-refractivity contribution in [2.24, 2.45) is 0 Å². The van der Waals surface area contributed by atoms with E-state index in [0.29, 0.717) is 30.0 Å².